The normalized spacial score (nSPS) is 16.5. The molecule has 1 aromatic carbocycles. The molecular formula is C17H17ClN4O4S. The Morgan fingerprint density at radius 3 is 2.89 bits per heavy atom. The van der Waals surface area contributed by atoms with E-state index in [1.54, 1.807) is 13.1 Å². The van der Waals surface area contributed by atoms with E-state index >= 15 is 0 Å². The number of nitrogens with zero attached hydrogens (tertiary/aromatic N) is 3. The average Bonchev–Trinajstić information content (AvgIpc) is 3.15. The van der Waals surface area contributed by atoms with Crippen molar-refractivity contribution in [1.29, 1.82) is 0 Å². The fourth-order valence-electron chi connectivity index (χ4n) is 3.35. The van der Waals surface area contributed by atoms with Gasteiger partial charge in [-0.15, -0.1) is 0 Å². The van der Waals surface area contributed by atoms with Gasteiger partial charge in [0.25, 0.3) is 14.6 Å². The van der Waals surface area contributed by atoms with Gasteiger partial charge in [-0.25, -0.2) is 13.4 Å². The van der Waals surface area contributed by atoms with Gasteiger partial charge < -0.3 is 9.72 Å². The maximum absolute atomic E-state index is 12.5. The number of aryl methyl sites for hydroxylation is 2. The van der Waals surface area contributed by atoms with Crippen LogP contribution in [0.1, 0.15) is 36.5 Å². The van der Waals surface area contributed by atoms with Gasteiger partial charge in [0.2, 0.25) is 0 Å². The van der Waals surface area contributed by atoms with E-state index in [1.807, 2.05) is 6.92 Å². The Morgan fingerprint density at radius 1 is 1.41 bits per heavy atom. The van der Waals surface area contributed by atoms with Crippen LogP contribution in [0.3, 0.4) is 0 Å². The maximum Gasteiger partial charge on any atom is 0.277 e. The molecular weight excluding hydrogens is 392 g/mol. The summed E-state index contributed by atoms with van der Waals surface area (Å²) in [5.74, 6) is 0.941. The van der Waals surface area contributed by atoms with Gasteiger partial charge in [-0.05, 0) is 30.2 Å². The van der Waals surface area contributed by atoms with E-state index in [4.69, 9.17) is 15.4 Å². The number of rotatable bonds is 4. The highest BCUT2D eigenvalue weighted by Crippen LogP contribution is 2.37. The van der Waals surface area contributed by atoms with E-state index in [1.165, 1.54) is 16.8 Å². The average molecular weight is 409 g/mol. The van der Waals surface area contributed by atoms with Crippen LogP contribution >= 0.6 is 10.7 Å². The highest BCUT2D eigenvalue weighted by atomic mass is 35.7. The zero-order chi connectivity index (χ0) is 19.3. The minimum absolute atomic E-state index is 0.0153. The monoisotopic (exact) mass is 408 g/mol. The first-order valence-corrected chi connectivity index (χ1v) is 10.8. The highest BCUT2D eigenvalue weighted by molar-refractivity contribution is 8.13. The standard InChI is InChI=1S/C17H17ClN4O4S/c1-3-4-11-14-15(22(2)21-11)17(23)20-16(19-14)13-8-9-7-10(27(18,24)25)5-6-12(9)26-13/h5-7,13H,3-4,8H2,1-2H3,(H,19,20,23). The van der Waals surface area contributed by atoms with E-state index in [9.17, 15) is 13.2 Å². The van der Waals surface area contributed by atoms with Crippen LogP contribution in [0.15, 0.2) is 27.9 Å². The van der Waals surface area contributed by atoms with Crippen molar-refractivity contribution in [2.24, 2.45) is 7.05 Å². The first-order valence-electron chi connectivity index (χ1n) is 8.48. The molecule has 4 rings (SSSR count). The maximum atomic E-state index is 12.5. The molecule has 3 aromatic rings. The molecule has 1 aliphatic heterocycles. The SMILES string of the molecule is CCCc1nn(C)c2c(=O)[nH]c(C3Cc4cc(S(=O)(=O)Cl)ccc4O3)nc12. The Bertz CT molecular complexity index is 1220. The molecule has 1 aliphatic rings. The largest absolute Gasteiger partial charge is 0.482 e. The number of nitrogens with one attached hydrogen (secondary N) is 1. The number of aromatic amines is 1. The van der Waals surface area contributed by atoms with Crippen LogP contribution in [0.4, 0.5) is 0 Å². The summed E-state index contributed by atoms with van der Waals surface area (Å²) in [6.45, 7) is 2.04. The number of benzene rings is 1. The predicted molar refractivity (Wildman–Crippen MR) is 99.7 cm³/mol. The van der Waals surface area contributed by atoms with Gasteiger partial charge in [-0.2, -0.15) is 5.10 Å². The molecule has 0 bridgehead atoms. The number of hydrogen-bond acceptors (Lipinski definition) is 6. The molecule has 0 saturated heterocycles. The first-order chi connectivity index (χ1) is 12.8. The summed E-state index contributed by atoms with van der Waals surface area (Å²) in [5, 5.41) is 4.40. The van der Waals surface area contributed by atoms with E-state index in [0.717, 1.165) is 18.5 Å². The van der Waals surface area contributed by atoms with Crippen LogP contribution in [0.2, 0.25) is 0 Å². The van der Waals surface area contributed by atoms with Crippen LogP contribution in [-0.2, 0) is 28.9 Å². The summed E-state index contributed by atoms with van der Waals surface area (Å²) in [7, 11) is 3.31. The third-order valence-electron chi connectivity index (χ3n) is 4.56. The summed E-state index contributed by atoms with van der Waals surface area (Å²) >= 11 is 0. The van der Waals surface area contributed by atoms with Gasteiger partial charge in [0.15, 0.2) is 17.4 Å². The molecule has 0 aliphatic carbocycles. The second-order valence-corrected chi connectivity index (χ2v) is 9.05. The van der Waals surface area contributed by atoms with Gasteiger partial charge in [-0.3, -0.25) is 9.48 Å². The Kier molecular flexibility index (Phi) is 4.23. The topological polar surface area (TPSA) is 107 Å². The fourth-order valence-corrected chi connectivity index (χ4v) is 4.15. The molecule has 1 N–H and O–H groups in total. The number of aromatic nitrogens is 4. The van der Waals surface area contributed by atoms with Crippen LogP contribution in [-0.4, -0.2) is 28.2 Å². The van der Waals surface area contributed by atoms with Gasteiger partial charge in [0.1, 0.15) is 11.3 Å². The minimum Gasteiger partial charge on any atom is -0.482 e. The lowest BCUT2D eigenvalue weighted by molar-refractivity contribution is 0.227. The molecule has 0 amide bonds. The van der Waals surface area contributed by atoms with Gasteiger partial charge >= 0.3 is 0 Å². The Labute approximate surface area is 159 Å². The molecule has 0 saturated carbocycles. The third kappa shape index (κ3) is 3.10. The Balaban J connectivity index is 1.75. The zero-order valence-electron chi connectivity index (χ0n) is 14.7. The molecule has 0 spiro atoms. The molecule has 0 fully saturated rings. The van der Waals surface area contributed by atoms with Crippen LogP contribution in [0.25, 0.3) is 11.0 Å². The van der Waals surface area contributed by atoms with Crippen LogP contribution in [0.5, 0.6) is 5.75 Å². The van der Waals surface area contributed by atoms with Gasteiger partial charge in [0, 0.05) is 24.2 Å². The molecule has 3 heterocycles. The fraction of sp³-hybridized carbons (Fsp3) is 0.353. The molecule has 142 valence electrons. The number of ether oxygens (including phenoxy) is 1. The molecule has 27 heavy (non-hydrogen) atoms. The molecule has 1 unspecified atom stereocenters. The summed E-state index contributed by atoms with van der Waals surface area (Å²) in [6, 6.07) is 4.44. The van der Waals surface area contributed by atoms with Gasteiger partial charge in [-0.1, -0.05) is 13.3 Å². The lowest BCUT2D eigenvalue weighted by Crippen LogP contribution is -2.18. The first kappa shape index (κ1) is 18.0. The van der Waals surface area contributed by atoms with E-state index in [0.29, 0.717) is 34.6 Å². The second-order valence-electron chi connectivity index (χ2n) is 6.49. The number of H-pyrrole nitrogens is 1. The number of fused-ring (bicyclic) bond motifs is 2. The van der Waals surface area contributed by atoms with Crippen molar-refractivity contribution in [1.82, 2.24) is 19.7 Å². The minimum atomic E-state index is -3.82. The van der Waals surface area contributed by atoms with Crippen molar-refractivity contribution < 1.29 is 13.2 Å². The Morgan fingerprint density at radius 2 is 2.19 bits per heavy atom. The Hall–Kier alpha value is -2.39. The number of halogens is 1. The second kappa shape index (κ2) is 6.35. The smallest absolute Gasteiger partial charge is 0.277 e. The molecule has 8 nitrogen and oxygen atoms in total. The molecule has 1 atom stereocenters. The van der Waals surface area contributed by atoms with Crippen molar-refractivity contribution in [2.45, 2.75) is 37.2 Å². The zero-order valence-corrected chi connectivity index (χ0v) is 16.3. The lowest BCUT2D eigenvalue weighted by atomic mass is 10.1. The van der Waals surface area contributed by atoms with Crippen molar-refractivity contribution in [3.63, 3.8) is 0 Å². The van der Waals surface area contributed by atoms with Crippen molar-refractivity contribution in [2.75, 3.05) is 0 Å². The summed E-state index contributed by atoms with van der Waals surface area (Å²) < 4.78 is 30.5. The summed E-state index contributed by atoms with van der Waals surface area (Å²) in [5.41, 5.74) is 2.18. The van der Waals surface area contributed by atoms with Crippen LogP contribution in [0, 0.1) is 0 Å². The summed E-state index contributed by atoms with van der Waals surface area (Å²) in [6.07, 6.45) is 1.47. The molecule has 10 heteroatoms. The highest BCUT2D eigenvalue weighted by Gasteiger charge is 2.29. The third-order valence-corrected chi connectivity index (χ3v) is 5.91. The van der Waals surface area contributed by atoms with E-state index in [2.05, 4.69) is 15.1 Å². The lowest BCUT2D eigenvalue weighted by Gasteiger charge is -2.10. The molecule has 0 radical (unpaired) electrons. The van der Waals surface area contributed by atoms with Crippen molar-refractivity contribution in [3.05, 3.63) is 45.6 Å². The summed E-state index contributed by atoms with van der Waals surface area (Å²) in [4.78, 5) is 19.9. The quantitative estimate of drug-likeness (QED) is 0.663. The van der Waals surface area contributed by atoms with Crippen molar-refractivity contribution >= 4 is 30.8 Å². The van der Waals surface area contributed by atoms with Crippen molar-refractivity contribution in [3.8, 4) is 5.75 Å². The predicted octanol–water partition coefficient (Wildman–Crippen LogP) is 2.21. The van der Waals surface area contributed by atoms with E-state index < -0.39 is 15.2 Å². The number of hydrogen-bond donors (Lipinski definition) is 1. The van der Waals surface area contributed by atoms with Gasteiger partial charge in [0.05, 0.1) is 10.6 Å². The van der Waals surface area contributed by atoms with Crippen LogP contribution < -0.4 is 10.3 Å². The van der Waals surface area contributed by atoms with E-state index in [-0.39, 0.29) is 10.5 Å². The molecule has 2 aromatic heterocycles.